The van der Waals surface area contributed by atoms with Gasteiger partial charge in [0.05, 0.1) is 5.01 Å². The van der Waals surface area contributed by atoms with Crippen molar-refractivity contribution in [3.63, 3.8) is 0 Å². The smallest absolute Gasteiger partial charge is 0.274 e. The summed E-state index contributed by atoms with van der Waals surface area (Å²) < 4.78 is 0. The number of aromatic nitrogens is 1. The summed E-state index contributed by atoms with van der Waals surface area (Å²) in [5.74, 6) is 2.02. The second-order valence-electron chi connectivity index (χ2n) is 5.35. The quantitative estimate of drug-likeness (QED) is 0.829. The van der Waals surface area contributed by atoms with Crippen molar-refractivity contribution in [2.24, 2.45) is 0 Å². The fraction of sp³-hybridized carbons (Fsp3) is 0.643. The van der Waals surface area contributed by atoms with E-state index in [9.17, 15) is 9.59 Å². The van der Waals surface area contributed by atoms with Crippen molar-refractivity contribution in [3.05, 3.63) is 16.1 Å². The number of hydrogen-bond donors (Lipinski definition) is 0. The summed E-state index contributed by atoms with van der Waals surface area (Å²) in [5, 5.41) is 2.67. The molecular weight excluding hydrogens is 306 g/mol. The maximum absolute atomic E-state index is 12.7. The minimum Gasteiger partial charge on any atom is -0.339 e. The summed E-state index contributed by atoms with van der Waals surface area (Å²) in [4.78, 5) is 33.1. The first-order valence-corrected chi connectivity index (χ1v) is 9.30. The Labute approximate surface area is 132 Å². The lowest BCUT2D eigenvalue weighted by atomic mass is 10.2. The zero-order valence-corrected chi connectivity index (χ0v) is 13.7. The molecule has 7 heteroatoms. The number of amides is 2. The molecule has 1 atom stereocenters. The van der Waals surface area contributed by atoms with Gasteiger partial charge in [-0.3, -0.25) is 9.59 Å². The number of carbonyl (C=O) groups excluding carboxylic acids is 2. The normalized spacial score (nSPS) is 22.6. The van der Waals surface area contributed by atoms with E-state index in [0.29, 0.717) is 12.2 Å². The van der Waals surface area contributed by atoms with Crippen LogP contribution in [-0.4, -0.2) is 63.8 Å². The molecule has 21 heavy (non-hydrogen) atoms. The zero-order valence-electron chi connectivity index (χ0n) is 12.1. The summed E-state index contributed by atoms with van der Waals surface area (Å²) in [5.41, 5.74) is 0.478. The largest absolute Gasteiger partial charge is 0.339 e. The highest BCUT2D eigenvalue weighted by atomic mass is 32.2. The number of thiazole rings is 1. The number of aryl methyl sites for hydroxylation is 1. The van der Waals surface area contributed by atoms with Crippen LogP contribution < -0.4 is 0 Å². The Bertz CT molecular complexity index is 540. The van der Waals surface area contributed by atoms with Crippen LogP contribution in [0.4, 0.5) is 0 Å². The van der Waals surface area contributed by atoms with Gasteiger partial charge < -0.3 is 9.80 Å². The molecule has 0 radical (unpaired) electrons. The van der Waals surface area contributed by atoms with Crippen molar-refractivity contribution in [2.75, 3.05) is 31.1 Å². The van der Waals surface area contributed by atoms with E-state index in [0.717, 1.165) is 42.4 Å². The summed E-state index contributed by atoms with van der Waals surface area (Å²) in [6.45, 7) is 4.16. The van der Waals surface area contributed by atoms with Crippen LogP contribution in [0.1, 0.15) is 28.3 Å². The molecule has 114 valence electrons. The molecule has 0 bridgehead atoms. The predicted molar refractivity (Wildman–Crippen MR) is 84.8 cm³/mol. The predicted octanol–water partition coefficient (Wildman–Crippen LogP) is 1.63. The van der Waals surface area contributed by atoms with Crippen LogP contribution in [0.3, 0.4) is 0 Å². The van der Waals surface area contributed by atoms with E-state index in [2.05, 4.69) is 4.98 Å². The van der Waals surface area contributed by atoms with Crippen molar-refractivity contribution in [3.8, 4) is 0 Å². The zero-order chi connectivity index (χ0) is 14.8. The van der Waals surface area contributed by atoms with Gasteiger partial charge in [0.2, 0.25) is 5.91 Å². The van der Waals surface area contributed by atoms with Crippen molar-refractivity contribution in [1.29, 1.82) is 0 Å². The Hall–Kier alpha value is -1.08. The third-order valence-electron chi connectivity index (χ3n) is 3.96. The Morgan fingerprint density at radius 3 is 2.71 bits per heavy atom. The van der Waals surface area contributed by atoms with Crippen LogP contribution in [-0.2, 0) is 4.79 Å². The van der Waals surface area contributed by atoms with Gasteiger partial charge in [0, 0.05) is 36.5 Å². The monoisotopic (exact) mass is 325 g/mol. The van der Waals surface area contributed by atoms with Crippen molar-refractivity contribution in [2.45, 2.75) is 25.8 Å². The molecule has 0 saturated carbocycles. The average molecular weight is 325 g/mol. The van der Waals surface area contributed by atoms with Gasteiger partial charge in [-0.2, -0.15) is 11.8 Å². The molecule has 3 heterocycles. The second kappa shape index (κ2) is 6.36. The summed E-state index contributed by atoms with van der Waals surface area (Å²) in [7, 11) is 0. The lowest BCUT2D eigenvalue weighted by Gasteiger charge is -2.32. The fourth-order valence-electron chi connectivity index (χ4n) is 2.87. The van der Waals surface area contributed by atoms with Crippen molar-refractivity contribution in [1.82, 2.24) is 14.8 Å². The Morgan fingerprint density at radius 2 is 2.05 bits per heavy atom. The third-order valence-corrected chi connectivity index (χ3v) is 5.68. The molecule has 3 rings (SSSR count). The summed E-state index contributed by atoms with van der Waals surface area (Å²) >= 11 is 3.35. The first kappa shape index (κ1) is 14.8. The van der Waals surface area contributed by atoms with E-state index in [1.807, 2.05) is 23.6 Å². The van der Waals surface area contributed by atoms with Crippen molar-refractivity contribution < 1.29 is 9.59 Å². The second-order valence-corrected chi connectivity index (χ2v) is 7.63. The first-order chi connectivity index (χ1) is 10.2. The van der Waals surface area contributed by atoms with Crippen LogP contribution in [0.25, 0.3) is 0 Å². The average Bonchev–Trinajstić information content (AvgIpc) is 3.15. The van der Waals surface area contributed by atoms with Crippen LogP contribution in [0.5, 0.6) is 0 Å². The highest BCUT2D eigenvalue weighted by Crippen LogP contribution is 2.23. The minimum atomic E-state index is -0.289. The van der Waals surface area contributed by atoms with Crippen LogP contribution in [0.2, 0.25) is 0 Å². The Kier molecular flexibility index (Phi) is 4.49. The minimum absolute atomic E-state index is 0.0958. The molecule has 0 unspecified atom stereocenters. The van der Waals surface area contributed by atoms with Gasteiger partial charge in [-0.15, -0.1) is 11.3 Å². The van der Waals surface area contributed by atoms with E-state index in [1.165, 1.54) is 11.3 Å². The lowest BCUT2D eigenvalue weighted by molar-refractivity contribution is -0.134. The highest BCUT2D eigenvalue weighted by molar-refractivity contribution is 7.99. The van der Waals surface area contributed by atoms with Gasteiger partial charge in [-0.1, -0.05) is 0 Å². The fourth-order valence-corrected chi connectivity index (χ4v) is 4.36. The summed E-state index contributed by atoms with van der Waals surface area (Å²) in [6, 6.07) is -0.289. The van der Waals surface area contributed by atoms with Gasteiger partial charge in [-0.05, 0) is 19.8 Å². The van der Waals surface area contributed by atoms with Crippen LogP contribution in [0, 0.1) is 6.92 Å². The van der Waals surface area contributed by atoms with Gasteiger partial charge in [0.15, 0.2) is 0 Å². The first-order valence-electron chi connectivity index (χ1n) is 7.26. The SMILES string of the molecule is Cc1nc(C(=O)N2CCC[C@H]2C(=O)N2CCSCC2)cs1. The number of thioether (sulfide) groups is 1. The topological polar surface area (TPSA) is 53.5 Å². The molecule has 0 aliphatic carbocycles. The van der Waals surface area contributed by atoms with Gasteiger partial charge in [-0.25, -0.2) is 4.98 Å². The number of hydrogen-bond acceptors (Lipinski definition) is 5. The van der Waals surface area contributed by atoms with Gasteiger partial charge in [0.25, 0.3) is 5.91 Å². The molecule has 2 saturated heterocycles. The molecule has 2 aliphatic rings. The van der Waals surface area contributed by atoms with Crippen molar-refractivity contribution >= 4 is 34.9 Å². The van der Waals surface area contributed by atoms with Gasteiger partial charge in [0.1, 0.15) is 11.7 Å². The van der Waals surface area contributed by atoms with E-state index < -0.39 is 0 Å². The molecule has 5 nitrogen and oxygen atoms in total. The number of carbonyl (C=O) groups is 2. The highest BCUT2D eigenvalue weighted by Gasteiger charge is 2.37. The maximum Gasteiger partial charge on any atom is 0.274 e. The van der Waals surface area contributed by atoms with Crippen LogP contribution >= 0.6 is 23.1 Å². The number of rotatable bonds is 2. The number of likely N-dealkylation sites (tertiary alicyclic amines) is 1. The lowest BCUT2D eigenvalue weighted by Crippen LogP contribution is -2.50. The molecule has 2 amide bonds. The third kappa shape index (κ3) is 3.08. The van der Waals surface area contributed by atoms with Gasteiger partial charge >= 0.3 is 0 Å². The molecule has 0 spiro atoms. The molecular formula is C14H19N3O2S2. The molecule has 2 fully saturated rings. The Morgan fingerprint density at radius 1 is 1.29 bits per heavy atom. The molecule has 0 N–H and O–H groups in total. The summed E-state index contributed by atoms with van der Waals surface area (Å²) in [6.07, 6.45) is 1.67. The Balaban J connectivity index is 1.72. The van der Waals surface area contributed by atoms with E-state index >= 15 is 0 Å². The number of nitrogens with zero attached hydrogens (tertiary/aromatic N) is 3. The van der Waals surface area contributed by atoms with Crippen LogP contribution in [0.15, 0.2) is 5.38 Å². The van der Waals surface area contributed by atoms with E-state index in [1.54, 1.807) is 10.3 Å². The molecule has 1 aromatic heterocycles. The molecule has 2 aliphatic heterocycles. The molecule has 1 aromatic rings. The standard InChI is InChI=1S/C14H19N3O2S2/c1-10-15-11(9-21-10)13(18)17-4-2-3-12(17)14(19)16-5-7-20-8-6-16/h9,12H,2-8H2,1H3/t12-/m0/s1. The molecule has 0 aromatic carbocycles. The van der Waals surface area contributed by atoms with E-state index in [-0.39, 0.29) is 17.9 Å². The van der Waals surface area contributed by atoms with E-state index in [4.69, 9.17) is 0 Å². The maximum atomic E-state index is 12.7.